The SMILES string of the molecule is COc1cc(C(=O)Nc2nc(C)c(C)s2)cc(Cl)c1OCC(N)=O. The number of aryl methyl sites for hydroxylation is 2. The van der Waals surface area contributed by atoms with Gasteiger partial charge in [-0.05, 0) is 26.0 Å². The summed E-state index contributed by atoms with van der Waals surface area (Å²) in [5, 5.41) is 3.34. The van der Waals surface area contributed by atoms with Crippen LogP contribution in [0.1, 0.15) is 20.9 Å². The summed E-state index contributed by atoms with van der Waals surface area (Å²) in [4.78, 5) is 28.5. The van der Waals surface area contributed by atoms with Crippen LogP contribution in [-0.4, -0.2) is 30.5 Å². The number of carbonyl (C=O) groups excluding carboxylic acids is 2. The van der Waals surface area contributed by atoms with E-state index in [1.165, 1.54) is 30.6 Å². The predicted molar refractivity (Wildman–Crippen MR) is 92.2 cm³/mol. The number of benzene rings is 1. The predicted octanol–water partition coefficient (Wildman–Crippen LogP) is 2.54. The van der Waals surface area contributed by atoms with E-state index in [0.29, 0.717) is 5.13 Å². The van der Waals surface area contributed by atoms with Crippen LogP contribution in [0.3, 0.4) is 0 Å². The van der Waals surface area contributed by atoms with E-state index in [-0.39, 0.29) is 34.6 Å². The lowest BCUT2D eigenvalue weighted by Gasteiger charge is -2.13. The monoisotopic (exact) mass is 369 g/mol. The van der Waals surface area contributed by atoms with E-state index in [4.69, 9.17) is 26.8 Å². The summed E-state index contributed by atoms with van der Waals surface area (Å²) in [6.07, 6.45) is 0. The van der Waals surface area contributed by atoms with E-state index >= 15 is 0 Å². The molecule has 1 aromatic heterocycles. The van der Waals surface area contributed by atoms with Gasteiger partial charge < -0.3 is 15.2 Å². The first-order chi connectivity index (χ1) is 11.3. The van der Waals surface area contributed by atoms with Gasteiger partial charge in [-0.2, -0.15) is 0 Å². The minimum Gasteiger partial charge on any atom is -0.493 e. The Morgan fingerprint density at radius 2 is 2.08 bits per heavy atom. The van der Waals surface area contributed by atoms with Gasteiger partial charge in [0, 0.05) is 10.4 Å². The van der Waals surface area contributed by atoms with Crippen molar-refractivity contribution in [2.75, 3.05) is 19.0 Å². The van der Waals surface area contributed by atoms with Gasteiger partial charge in [-0.15, -0.1) is 11.3 Å². The highest BCUT2D eigenvalue weighted by Gasteiger charge is 2.17. The molecular weight excluding hydrogens is 354 g/mol. The van der Waals surface area contributed by atoms with Gasteiger partial charge in [0.1, 0.15) is 0 Å². The van der Waals surface area contributed by atoms with Crippen LogP contribution < -0.4 is 20.5 Å². The average Bonchev–Trinajstić information content (AvgIpc) is 2.82. The number of nitrogens with two attached hydrogens (primary N) is 1. The minimum absolute atomic E-state index is 0.132. The second-order valence-corrected chi connectivity index (χ2v) is 6.47. The van der Waals surface area contributed by atoms with E-state index < -0.39 is 5.91 Å². The fraction of sp³-hybridized carbons (Fsp3) is 0.267. The third-order valence-electron chi connectivity index (χ3n) is 3.10. The molecule has 2 amide bonds. The van der Waals surface area contributed by atoms with Crippen molar-refractivity contribution in [3.05, 3.63) is 33.3 Å². The number of methoxy groups -OCH3 is 1. The number of amides is 2. The van der Waals surface area contributed by atoms with Crippen LogP contribution in [0.5, 0.6) is 11.5 Å². The number of thiazole rings is 1. The van der Waals surface area contributed by atoms with E-state index in [0.717, 1.165) is 10.6 Å². The van der Waals surface area contributed by atoms with Gasteiger partial charge in [-0.25, -0.2) is 4.98 Å². The molecule has 7 nitrogen and oxygen atoms in total. The lowest BCUT2D eigenvalue weighted by atomic mass is 10.2. The number of primary amides is 1. The summed E-state index contributed by atoms with van der Waals surface area (Å²) in [5.74, 6) is -0.661. The molecule has 0 radical (unpaired) electrons. The highest BCUT2D eigenvalue weighted by atomic mass is 35.5. The molecule has 0 saturated heterocycles. The zero-order valence-electron chi connectivity index (χ0n) is 13.3. The van der Waals surface area contributed by atoms with E-state index in [9.17, 15) is 9.59 Å². The number of carbonyl (C=O) groups is 2. The number of ether oxygens (including phenoxy) is 2. The molecule has 0 bridgehead atoms. The second-order valence-electron chi connectivity index (χ2n) is 4.86. The van der Waals surface area contributed by atoms with E-state index in [1.807, 2.05) is 13.8 Å². The largest absolute Gasteiger partial charge is 0.493 e. The Morgan fingerprint density at radius 3 is 2.62 bits per heavy atom. The summed E-state index contributed by atoms with van der Waals surface area (Å²) in [6, 6.07) is 2.88. The van der Waals surface area contributed by atoms with E-state index in [2.05, 4.69) is 10.3 Å². The normalized spacial score (nSPS) is 10.3. The molecule has 128 valence electrons. The third kappa shape index (κ3) is 4.15. The van der Waals surface area contributed by atoms with Crippen LogP contribution in [0.25, 0.3) is 0 Å². The van der Waals surface area contributed by atoms with Crippen molar-refractivity contribution in [3.8, 4) is 11.5 Å². The summed E-state index contributed by atoms with van der Waals surface area (Å²) >= 11 is 7.51. The summed E-state index contributed by atoms with van der Waals surface area (Å²) < 4.78 is 10.4. The molecule has 0 spiro atoms. The van der Waals surface area contributed by atoms with Crippen LogP contribution in [0, 0.1) is 13.8 Å². The minimum atomic E-state index is -0.649. The maximum Gasteiger partial charge on any atom is 0.257 e. The standard InChI is InChI=1S/C15H16ClN3O4S/c1-7-8(2)24-15(18-7)19-14(21)9-4-10(16)13(11(5-9)22-3)23-6-12(17)20/h4-5H,6H2,1-3H3,(H2,17,20)(H,18,19,21). The number of nitrogens with zero attached hydrogens (tertiary/aromatic N) is 1. The molecule has 1 aromatic carbocycles. The third-order valence-corrected chi connectivity index (χ3v) is 4.37. The van der Waals surface area contributed by atoms with Crippen molar-refractivity contribution in [1.29, 1.82) is 0 Å². The fourth-order valence-electron chi connectivity index (χ4n) is 1.83. The number of aromatic nitrogens is 1. The van der Waals surface area contributed by atoms with Gasteiger partial charge >= 0.3 is 0 Å². The summed E-state index contributed by atoms with van der Waals surface area (Å²) in [6.45, 7) is 3.44. The van der Waals surface area contributed by atoms with Crippen LogP contribution in [0.2, 0.25) is 5.02 Å². The molecule has 0 aliphatic rings. The molecule has 0 saturated carbocycles. The molecule has 3 N–H and O–H groups in total. The quantitative estimate of drug-likeness (QED) is 0.814. The van der Waals surface area contributed by atoms with Crippen molar-refractivity contribution < 1.29 is 19.1 Å². The Kier molecular flexibility index (Phi) is 5.63. The van der Waals surface area contributed by atoms with Crippen molar-refractivity contribution in [1.82, 2.24) is 4.98 Å². The smallest absolute Gasteiger partial charge is 0.257 e. The van der Waals surface area contributed by atoms with Crippen LogP contribution in [0.4, 0.5) is 5.13 Å². The molecule has 0 aliphatic carbocycles. The first-order valence-corrected chi connectivity index (χ1v) is 8.05. The van der Waals surface area contributed by atoms with Gasteiger partial charge in [0.2, 0.25) is 0 Å². The molecule has 2 aromatic rings. The highest BCUT2D eigenvalue weighted by Crippen LogP contribution is 2.36. The molecular formula is C15H16ClN3O4S. The van der Waals surface area contributed by atoms with Crippen molar-refractivity contribution in [3.63, 3.8) is 0 Å². The molecule has 9 heteroatoms. The Hall–Kier alpha value is -2.32. The Bertz CT molecular complexity index is 772. The fourth-order valence-corrected chi connectivity index (χ4v) is 2.90. The number of anilines is 1. The van der Waals surface area contributed by atoms with Gasteiger partial charge in [0.25, 0.3) is 11.8 Å². The van der Waals surface area contributed by atoms with Gasteiger partial charge in [0.15, 0.2) is 23.2 Å². The van der Waals surface area contributed by atoms with Gasteiger partial charge in [-0.3, -0.25) is 14.9 Å². The maximum absolute atomic E-state index is 12.4. The van der Waals surface area contributed by atoms with Crippen molar-refractivity contribution in [2.45, 2.75) is 13.8 Å². The van der Waals surface area contributed by atoms with Crippen LogP contribution in [-0.2, 0) is 4.79 Å². The van der Waals surface area contributed by atoms with Gasteiger partial charge in [-0.1, -0.05) is 11.6 Å². The Labute approximate surface area is 147 Å². The van der Waals surface area contributed by atoms with E-state index in [1.54, 1.807) is 0 Å². The molecule has 0 unspecified atom stereocenters. The lowest BCUT2D eigenvalue weighted by Crippen LogP contribution is -2.20. The molecule has 0 aliphatic heterocycles. The number of halogens is 1. The molecule has 24 heavy (non-hydrogen) atoms. The highest BCUT2D eigenvalue weighted by molar-refractivity contribution is 7.15. The number of hydrogen-bond donors (Lipinski definition) is 2. The maximum atomic E-state index is 12.4. The molecule has 0 atom stereocenters. The van der Waals surface area contributed by atoms with Crippen LogP contribution in [0.15, 0.2) is 12.1 Å². The van der Waals surface area contributed by atoms with Crippen molar-refractivity contribution >= 4 is 39.9 Å². The first-order valence-electron chi connectivity index (χ1n) is 6.85. The van der Waals surface area contributed by atoms with Crippen LogP contribution >= 0.6 is 22.9 Å². The number of rotatable bonds is 6. The number of hydrogen-bond acceptors (Lipinski definition) is 6. The average molecular weight is 370 g/mol. The molecule has 2 rings (SSSR count). The Balaban J connectivity index is 2.25. The summed E-state index contributed by atoms with van der Waals surface area (Å²) in [7, 11) is 1.40. The Morgan fingerprint density at radius 1 is 1.38 bits per heavy atom. The number of nitrogens with one attached hydrogen (secondary N) is 1. The molecule has 0 fully saturated rings. The molecule has 1 heterocycles. The summed E-state index contributed by atoms with van der Waals surface area (Å²) in [5.41, 5.74) is 6.18. The topological polar surface area (TPSA) is 104 Å². The lowest BCUT2D eigenvalue weighted by molar-refractivity contribution is -0.119. The first kappa shape index (κ1) is 18.0. The van der Waals surface area contributed by atoms with Crippen molar-refractivity contribution in [2.24, 2.45) is 5.73 Å². The second kappa shape index (κ2) is 7.50. The van der Waals surface area contributed by atoms with Gasteiger partial charge in [0.05, 0.1) is 17.8 Å². The zero-order chi connectivity index (χ0) is 17.9. The zero-order valence-corrected chi connectivity index (χ0v) is 14.9.